The highest BCUT2D eigenvalue weighted by Gasteiger charge is 2.09. The molecular formula is C13H10Br3NO. The molecule has 0 saturated heterocycles. The molecule has 0 spiro atoms. The van der Waals surface area contributed by atoms with Crippen molar-refractivity contribution in [2.24, 2.45) is 0 Å². The molecule has 0 amide bonds. The first kappa shape index (κ1) is 13.9. The number of nitrogens with two attached hydrogens (primary N) is 1. The van der Waals surface area contributed by atoms with Crippen LogP contribution in [0.5, 0.6) is 5.75 Å². The Morgan fingerprint density at radius 2 is 1.44 bits per heavy atom. The minimum Gasteiger partial charge on any atom is -0.486 e. The summed E-state index contributed by atoms with van der Waals surface area (Å²) in [6.07, 6.45) is 0. The highest BCUT2D eigenvalue weighted by molar-refractivity contribution is 9.11. The Kier molecular flexibility index (Phi) is 4.70. The van der Waals surface area contributed by atoms with Gasteiger partial charge in [0.25, 0.3) is 0 Å². The lowest BCUT2D eigenvalue weighted by Crippen LogP contribution is -2.02. The maximum absolute atomic E-state index is 5.93. The standard InChI is InChI=1S/C13H10Br3NO/c14-9-3-2-6-12(17)8(9)7-18-13-10(15)4-1-5-11(13)16/h1-6H,7,17H2. The fraction of sp³-hybridized carbons (Fsp3) is 0.0769. The van der Waals surface area contributed by atoms with E-state index in [-0.39, 0.29) is 0 Å². The van der Waals surface area contributed by atoms with Crippen molar-refractivity contribution in [2.75, 3.05) is 5.73 Å². The molecule has 2 rings (SSSR count). The third kappa shape index (κ3) is 3.08. The van der Waals surface area contributed by atoms with E-state index < -0.39 is 0 Å². The van der Waals surface area contributed by atoms with Crippen molar-refractivity contribution in [3.63, 3.8) is 0 Å². The van der Waals surface area contributed by atoms with Gasteiger partial charge in [0.1, 0.15) is 12.4 Å². The van der Waals surface area contributed by atoms with Gasteiger partial charge in [-0.1, -0.05) is 28.1 Å². The Morgan fingerprint density at radius 3 is 2.06 bits per heavy atom. The highest BCUT2D eigenvalue weighted by atomic mass is 79.9. The number of para-hydroxylation sites is 1. The molecule has 0 aliphatic rings. The number of rotatable bonds is 3. The van der Waals surface area contributed by atoms with Gasteiger partial charge in [-0.2, -0.15) is 0 Å². The van der Waals surface area contributed by atoms with Crippen LogP contribution in [0.4, 0.5) is 5.69 Å². The summed E-state index contributed by atoms with van der Waals surface area (Å²) < 4.78 is 8.57. The van der Waals surface area contributed by atoms with Crippen molar-refractivity contribution in [1.82, 2.24) is 0 Å². The maximum atomic E-state index is 5.93. The molecule has 0 atom stereocenters. The number of nitrogen functional groups attached to an aromatic ring is 1. The van der Waals surface area contributed by atoms with E-state index in [1.807, 2.05) is 36.4 Å². The second-order valence-electron chi connectivity index (χ2n) is 3.65. The number of anilines is 1. The second-order valence-corrected chi connectivity index (χ2v) is 6.21. The number of hydrogen-bond acceptors (Lipinski definition) is 2. The monoisotopic (exact) mass is 433 g/mol. The molecular weight excluding hydrogens is 426 g/mol. The molecule has 0 aliphatic heterocycles. The smallest absolute Gasteiger partial charge is 0.148 e. The van der Waals surface area contributed by atoms with Crippen LogP contribution < -0.4 is 10.5 Å². The summed E-state index contributed by atoms with van der Waals surface area (Å²) in [5.74, 6) is 0.771. The number of hydrogen-bond donors (Lipinski definition) is 1. The molecule has 2 nitrogen and oxygen atoms in total. The average molecular weight is 436 g/mol. The van der Waals surface area contributed by atoms with Crippen LogP contribution in [-0.2, 0) is 6.61 Å². The lowest BCUT2D eigenvalue weighted by atomic mass is 10.2. The number of halogens is 3. The van der Waals surface area contributed by atoms with Gasteiger partial charge in [-0.25, -0.2) is 0 Å². The Labute approximate surface area is 131 Å². The van der Waals surface area contributed by atoms with Gasteiger partial charge in [-0.05, 0) is 56.1 Å². The Morgan fingerprint density at radius 1 is 0.889 bits per heavy atom. The summed E-state index contributed by atoms with van der Waals surface area (Å²) in [4.78, 5) is 0. The normalized spacial score (nSPS) is 10.4. The van der Waals surface area contributed by atoms with E-state index in [4.69, 9.17) is 10.5 Å². The van der Waals surface area contributed by atoms with Gasteiger partial charge in [0, 0.05) is 15.7 Å². The zero-order chi connectivity index (χ0) is 13.1. The van der Waals surface area contributed by atoms with E-state index in [9.17, 15) is 0 Å². The molecule has 0 aliphatic carbocycles. The molecule has 18 heavy (non-hydrogen) atoms. The second kappa shape index (κ2) is 6.08. The first-order valence-electron chi connectivity index (χ1n) is 5.19. The quantitative estimate of drug-likeness (QED) is 0.678. The van der Waals surface area contributed by atoms with E-state index >= 15 is 0 Å². The van der Waals surface area contributed by atoms with Gasteiger partial charge in [0.05, 0.1) is 8.95 Å². The van der Waals surface area contributed by atoms with Crippen LogP contribution in [0.2, 0.25) is 0 Å². The fourth-order valence-electron chi connectivity index (χ4n) is 1.49. The maximum Gasteiger partial charge on any atom is 0.148 e. The molecule has 0 heterocycles. The van der Waals surface area contributed by atoms with Gasteiger partial charge in [0.2, 0.25) is 0 Å². The molecule has 0 fully saturated rings. The third-order valence-electron chi connectivity index (χ3n) is 2.43. The Hall–Kier alpha value is -0.520. The highest BCUT2D eigenvalue weighted by Crippen LogP contribution is 2.34. The summed E-state index contributed by atoms with van der Waals surface area (Å²) in [7, 11) is 0. The number of ether oxygens (including phenoxy) is 1. The molecule has 5 heteroatoms. The largest absolute Gasteiger partial charge is 0.486 e. The van der Waals surface area contributed by atoms with Crippen LogP contribution in [0, 0.1) is 0 Å². The minimum absolute atomic E-state index is 0.411. The molecule has 0 saturated carbocycles. The molecule has 0 bridgehead atoms. The van der Waals surface area contributed by atoms with Crippen LogP contribution >= 0.6 is 47.8 Å². The first-order valence-corrected chi connectivity index (χ1v) is 7.57. The lowest BCUT2D eigenvalue weighted by molar-refractivity contribution is 0.302. The minimum atomic E-state index is 0.411. The third-order valence-corrected chi connectivity index (χ3v) is 4.43. The summed E-state index contributed by atoms with van der Waals surface area (Å²) >= 11 is 10.4. The summed E-state index contributed by atoms with van der Waals surface area (Å²) in [6.45, 7) is 0.411. The molecule has 2 N–H and O–H groups in total. The van der Waals surface area contributed by atoms with Gasteiger partial charge in [-0.15, -0.1) is 0 Å². The summed E-state index contributed by atoms with van der Waals surface area (Å²) in [5, 5.41) is 0. The van der Waals surface area contributed by atoms with Gasteiger partial charge in [0.15, 0.2) is 0 Å². The fourth-order valence-corrected chi connectivity index (χ4v) is 3.22. The van der Waals surface area contributed by atoms with Crippen molar-refractivity contribution in [3.8, 4) is 5.75 Å². The van der Waals surface area contributed by atoms with Crippen LogP contribution in [0.1, 0.15) is 5.56 Å². The summed E-state index contributed by atoms with van der Waals surface area (Å²) in [5.41, 5.74) is 7.59. The van der Waals surface area contributed by atoms with E-state index in [1.54, 1.807) is 0 Å². The zero-order valence-corrected chi connectivity index (χ0v) is 14.0. The van der Waals surface area contributed by atoms with Crippen LogP contribution in [0.25, 0.3) is 0 Å². The van der Waals surface area contributed by atoms with Crippen molar-refractivity contribution < 1.29 is 4.74 Å². The predicted octanol–water partition coefficient (Wildman–Crippen LogP) is 5.14. The van der Waals surface area contributed by atoms with Crippen LogP contribution in [0.15, 0.2) is 49.8 Å². The molecule has 0 aromatic heterocycles. The lowest BCUT2D eigenvalue weighted by Gasteiger charge is -2.12. The molecule has 0 unspecified atom stereocenters. The van der Waals surface area contributed by atoms with Crippen molar-refractivity contribution >= 4 is 53.5 Å². The molecule has 0 radical (unpaired) electrons. The molecule has 94 valence electrons. The van der Waals surface area contributed by atoms with Crippen LogP contribution in [0.3, 0.4) is 0 Å². The molecule has 2 aromatic rings. The van der Waals surface area contributed by atoms with Gasteiger partial charge >= 0.3 is 0 Å². The van der Waals surface area contributed by atoms with Gasteiger partial charge in [-0.3, -0.25) is 0 Å². The number of benzene rings is 2. The zero-order valence-electron chi connectivity index (χ0n) is 9.29. The SMILES string of the molecule is Nc1cccc(Br)c1COc1c(Br)cccc1Br. The van der Waals surface area contributed by atoms with E-state index in [0.29, 0.717) is 12.3 Å². The van der Waals surface area contributed by atoms with Crippen molar-refractivity contribution in [2.45, 2.75) is 6.61 Å². The molecule has 2 aromatic carbocycles. The Bertz CT molecular complexity index is 480. The topological polar surface area (TPSA) is 35.2 Å². The van der Waals surface area contributed by atoms with E-state index in [0.717, 1.165) is 24.7 Å². The first-order chi connectivity index (χ1) is 8.59. The van der Waals surface area contributed by atoms with E-state index in [1.165, 1.54) is 0 Å². The predicted molar refractivity (Wildman–Crippen MR) is 84.7 cm³/mol. The van der Waals surface area contributed by atoms with Crippen LogP contribution in [-0.4, -0.2) is 0 Å². The average Bonchev–Trinajstić information content (AvgIpc) is 2.31. The van der Waals surface area contributed by atoms with Crippen molar-refractivity contribution in [1.29, 1.82) is 0 Å². The Balaban J connectivity index is 2.22. The van der Waals surface area contributed by atoms with Crippen molar-refractivity contribution in [3.05, 3.63) is 55.4 Å². The van der Waals surface area contributed by atoms with E-state index in [2.05, 4.69) is 47.8 Å². The van der Waals surface area contributed by atoms with Gasteiger partial charge < -0.3 is 10.5 Å². The summed E-state index contributed by atoms with van der Waals surface area (Å²) in [6, 6.07) is 11.5.